The van der Waals surface area contributed by atoms with E-state index in [0.717, 1.165) is 16.7 Å². The van der Waals surface area contributed by atoms with Crippen molar-refractivity contribution >= 4 is 44.8 Å². The van der Waals surface area contributed by atoms with Gasteiger partial charge >= 0.3 is 0 Å². The van der Waals surface area contributed by atoms with Gasteiger partial charge < -0.3 is 0 Å². The maximum Gasteiger partial charge on any atom is 0.240 e. The van der Waals surface area contributed by atoms with E-state index >= 15 is 0 Å². The number of benzene rings is 2. The minimum atomic E-state index is -3.65. The highest BCUT2D eigenvalue weighted by atomic mass is 35.5. The molecule has 2 aromatic carbocycles. The van der Waals surface area contributed by atoms with E-state index in [-0.39, 0.29) is 11.4 Å². The van der Waals surface area contributed by atoms with E-state index in [0.29, 0.717) is 15.2 Å². The van der Waals surface area contributed by atoms with Crippen LogP contribution in [0.2, 0.25) is 15.2 Å². The molecular formula is C18H13Cl3N2O2S. The third-order valence-electron chi connectivity index (χ3n) is 3.66. The molecule has 0 spiro atoms. The number of hydrogen-bond acceptors (Lipinski definition) is 3. The minimum Gasteiger partial charge on any atom is -0.245 e. The summed E-state index contributed by atoms with van der Waals surface area (Å²) in [5, 5.41) is 1.35. The second-order valence-electron chi connectivity index (χ2n) is 5.46. The molecule has 0 atom stereocenters. The lowest BCUT2D eigenvalue weighted by Gasteiger charge is -2.09. The van der Waals surface area contributed by atoms with Crippen LogP contribution in [0.1, 0.15) is 5.56 Å². The fourth-order valence-electron chi connectivity index (χ4n) is 2.35. The van der Waals surface area contributed by atoms with Crippen molar-refractivity contribution in [3.05, 3.63) is 81.6 Å². The number of sulfonamides is 1. The summed E-state index contributed by atoms with van der Waals surface area (Å²) >= 11 is 17.9. The number of pyridine rings is 1. The zero-order chi connectivity index (χ0) is 18.7. The first-order valence-electron chi connectivity index (χ1n) is 7.51. The van der Waals surface area contributed by atoms with Crippen LogP contribution in [0.5, 0.6) is 0 Å². The first-order valence-corrected chi connectivity index (χ1v) is 10.1. The van der Waals surface area contributed by atoms with Crippen LogP contribution in [0.25, 0.3) is 11.1 Å². The minimum absolute atomic E-state index is 0.120. The van der Waals surface area contributed by atoms with Gasteiger partial charge in [-0.25, -0.2) is 18.1 Å². The SMILES string of the molecule is O=S(=O)(NCc1ccnc(Cl)c1)c1ccc(-c2ccc(Cl)cc2Cl)cc1. The topological polar surface area (TPSA) is 59.1 Å². The molecule has 0 unspecified atom stereocenters. The largest absolute Gasteiger partial charge is 0.245 e. The average Bonchev–Trinajstić information content (AvgIpc) is 2.60. The van der Waals surface area contributed by atoms with E-state index < -0.39 is 10.0 Å². The van der Waals surface area contributed by atoms with Gasteiger partial charge in [0.25, 0.3) is 0 Å². The zero-order valence-electron chi connectivity index (χ0n) is 13.3. The predicted octanol–water partition coefficient (Wildman–Crippen LogP) is 5.19. The molecule has 0 aliphatic heterocycles. The summed E-state index contributed by atoms with van der Waals surface area (Å²) in [5.41, 5.74) is 2.30. The van der Waals surface area contributed by atoms with Crippen LogP contribution in [0.4, 0.5) is 0 Å². The lowest BCUT2D eigenvalue weighted by atomic mass is 10.1. The van der Waals surface area contributed by atoms with Gasteiger partial charge in [0.2, 0.25) is 10.0 Å². The highest BCUT2D eigenvalue weighted by Crippen LogP contribution is 2.30. The molecule has 3 rings (SSSR count). The standard InChI is InChI=1S/C18H13Cl3N2O2S/c19-14-3-6-16(17(20)10-14)13-1-4-15(5-2-13)26(24,25)23-11-12-7-8-22-18(21)9-12/h1-10,23H,11H2. The van der Waals surface area contributed by atoms with Crippen LogP contribution < -0.4 is 4.72 Å². The number of halogens is 3. The van der Waals surface area contributed by atoms with Crippen LogP contribution in [-0.2, 0) is 16.6 Å². The molecule has 26 heavy (non-hydrogen) atoms. The van der Waals surface area contributed by atoms with Gasteiger partial charge in [0, 0.05) is 28.4 Å². The average molecular weight is 428 g/mol. The van der Waals surface area contributed by atoms with Gasteiger partial charge in [-0.2, -0.15) is 0 Å². The van der Waals surface area contributed by atoms with Gasteiger partial charge in [0.15, 0.2) is 0 Å². The molecule has 0 amide bonds. The Labute approximate surface area is 166 Å². The highest BCUT2D eigenvalue weighted by molar-refractivity contribution is 7.89. The van der Waals surface area contributed by atoms with Gasteiger partial charge in [-0.3, -0.25) is 0 Å². The van der Waals surface area contributed by atoms with Crippen molar-refractivity contribution in [1.82, 2.24) is 9.71 Å². The van der Waals surface area contributed by atoms with Crippen molar-refractivity contribution in [1.29, 1.82) is 0 Å². The van der Waals surface area contributed by atoms with Gasteiger partial charge in [0.1, 0.15) is 5.15 Å². The fraction of sp³-hybridized carbons (Fsp3) is 0.0556. The Bertz CT molecular complexity index is 1040. The molecule has 1 aromatic heterocycles. The molecule has 0 saturated carbocycles. The molecule has 8 heteroatoms. The fourth-order valence-corrected chi connectivity index (χ4v) is 4.08. The first kappa shape index (κ1) is 19.1. The van der Waals surface area contributed by atoms with Crippen molar-refractivity contribution in [3.8, 4) is 11.1 Å². The number of nitrogens with zero attached hydrogens (tertiary/aromatic N) is 1. The Morgan fingerprint density at radius 3 is 2.31 bits per heavy atom. The second-order valence-corrected chi connectivity index (χ2v) is 8.46. The van der Waals surface area contributed by atoms with Crippen molar-refractivity contribution in [2.75, 3.05) is 0 Å². The van der Waals surface area contributed by atoms with E-state index in [2.05, 4.69) is 9.71 Å². The third kappa shape index (κ3) is 4.55. The van der Waals surface area contributed by atoms with Crippen LogP contribution in [0, 0.1) is 0 Å². The smallest absolute Gasteiger partial charge is 0.240 e. The van der Waals surface area contributed by atoms with E-state index in [4.69, 9.17) is 34.8 Å². The van der Waals surface area contributed by atoms with Crippen LogP contribution in [-0.4, -0.2) is 13.4 Å². The van der Waals surface area contributed by atoms with Crippen molar-refractivity contribution in [3.63, 3.8) is 0 Å². The Hall–Kier alpha value is -1.63. The molecule has 0 saturated heterocycles. The first-order chi connectivity index (χ1) is 12.3. The van der Waals surface area contributed by atoms with Crippen LogP contribution >= 0.6 is 34.8 Å². The molecule has 0 fully saturated rings. The lowest BCUT2D eigenvalue weighted by Crippen LogP contribution is -2.23. The van der Waals surface area contributed by atoms with Gasteiger partial charge in [0.05, 0.1) is 4.90 Å². The molecule has 4 nitrogen and oxygen atoms in total. The summed E-state index contributed by atoms with van der Waals surface area (Å²) < 4.78 is 27.4. The van der Waals surface area contributed by atoms with Gasteiger partial charge in [-0.05, 0) is 47.5 Å². The summed E-state index contributed by atoms with van der Waals surface area (Å²) in [5.74, 6) is 0. The number of hydrogen-bond donors (Lipinski definition) is 1. The van der Waals surface area contributed by atoms with E-state index in [1.54, 1.807) is 42.5 Å². The van der Waals surface area contributed by atoms with E-state index in [1.165, 1.54) is 18.3 Å². The molecule has 0 bridgehead atoms. The van der Waals surface area contributed by atoms with E-state index in [1.807, 2.05) is 0 Å². The molecular weight excluding hydrogens is 415 g/mol. The number of aromatic nitrogens is 1. The number of nitrogens with one attached hydrogen (secondary N) is 1. The molecule has 1 N–H and O–H groups in total. The van der Waals surface area contributed by atoms with Crippen LogP contribution in [0.3, 0.4) is 0 Å². The predicted molar refractivity (Wildman–Crippen MR) is 105 cm³/mol. The number of rotatable bonds is 5. The monoisotopic (exact) mass is 426 g/mol. The third-order valence-corrected chi connectivity index (χ3v) is 5.84. The maximum atomic E-state index is 12.4. The van der Waals surface area contributed by atoms with E-state index in [9.17, 15) is 8.42 Å². The Morgan fingerprint density at radius 1 is 0.923 bits per heavy atom. The Balaban J connectivity index is 1.78. The molecule has 1 heterocycles. The molecule has 0 aliphatic carbocycles. The van der Waals surface area contributed by atoms with Crippen molar-refractivity contribution in [2.24, 2.45) is 0 Å². The molecule has 3 aromatic rings. The zero-order valence-corrected chi connectivity index (χ0v) is 16.4. The highest BCUT2D eigenvalue weighted by Gasteiger charge is 2.14. The maximum absolute atomic E-state index is 12.4. The normalized spacial score (nSPS) is 11.5. The lowest BCUT2D eigenvalue weighted by molar-refractivity contribution is 0.581. The molecule has 134 valence electrons. The summed E-state index contributed by atoms with van der Waals surface area (Å²) in [4.78, 5) is 4.02. The summed E-state index contributed by atoms with van der Waals surface area (Å²) in [6, 6.07) is 14.9. The summed E-state index contributed by atoms with van der Waals surface area (Å²) in [6.07, 6.45) is 1.52. The Morgan fingerprint density at radius 2 is 1.65 bits per heavy atom. The van der Waals surface area contributed by atoms with Gasteiger partial charge in [-0.1, -0.05) is 53.0 Å². The van der Waals surface area contributed by atoms with Crippen LogP contribution in [0.15, 0.2) is 65.7 Å². The Kier molecular flexibility index (Phi) is 5.85. The molecule has 0 aliphatic rings. The quantitative estimate of drug-likeness (QED) is 0.570. The molecule has 0 radical (unpaired) electrons. The second kappa shape index (κ2) is 7.94. The van der Waals surface area contributed by atoms with Crippen molar-refractivity contribution < 1.29 is 8.42 Å². The summed E-state index contributed by atoms with van der Waals surface area (Å²) in [7, 11) is -3.65. The van der Waals surface area contributed by atoms with Crippen molar-refractivity contribution in [2.45, 2.75) is 11.4 Å². The van der Waals surface area contributed by atoms with Gasteiger partial charge in [-0.15, -0.1) is 0 Å². The summed E-state index contributed by atoms with van der Waals surface area (Å²) in [6.45, 7) is 0.120.